The van der Waals surface area contributed by atoms with E-state index in [1.165, 1.54) is 24.0 Å². The molecule has 1 aliphatic rings. The van der Waals surface area contributed by atoms with Crippen LogP contribution in [0.4, 0.5) is 0 Å². The summed E-state index contributed by atoms with van der Waals surface area (Å²) in [4.78, 5) is 14.7. The largest absolute Gasteiger partial charge is 0.497 e. The van der Waals surface area contributed by atoms with Crippen molar-refractivity contribution in [1.29, 1.82) is 0 Å². The monoisotopic (exact) mass is 368 g/mol. The molecule has 2 aromatic rings. The first kappa shape index (κ1) is 19.2. The zero-order chi connectivity index (χ0) is 19.1. The maximum Gasteiger partial charge on any atom is 0.258 e. The van der Waals surface area contributed by atoms with Crippen molar-refractivity contribution in [3.63, 3.8) is 0 Å². The highest BCUT2D eigenvalue weighted by Gasteiger charge is 2.23. The van der Waals surface area contributed by atoms with Gasteiger partial charge in [0.25, 0.3) is 5.91 Å². The molecule has 144 valence electrons. The van der Waals surface area contributed by atoms with Gasteiger partial charge in [0.1, 0.15) is 11.5 Å². The highest BCUT2D eigenvalue weighted by atomic mass is 16.5. The predicted molar refractivity (Wildman–Crippen MR) is 106 cm³/mol. The molecular weight excluding hydrogens is 340 g/mol. The molecule has 2 aromatic carbocycles. The third-order valence-corrected chi connectivity index (χ3v) is 4.97. The van der Waals surface area contributed by atoms with E-state index in [9.17, 15) is 4.79 Å². The minimum atomic E-state index is -0.109. The van der Waals surface area contributed by atoms with Crippen LogP contribution in [-0.4, -0.2) is 44.2 Å². The van der Waals surface area contributed by atoms with E-state index in [0.717, 1.165) is 18.8 Å². The molecule has 1 heterocycles. The van der Waals surface area contributed by atoms with Crippen LogP contribution in [0.5, 0.6) is 11.5 Å². The Bertz CT molecular complexity index is 722. The Morgan fingerprint density at radius 1 is 1.04 bits per heavy atom. The molecule has 0 saturated carbocycles. The van der Waals surface area contributed by atoms with E-state index >= 15 is 0 Å². The summed E-state index contributed by atoms with van der Waals surface area (Å²) in [6.07, 6.45) is 2.44. The summed E-state index contributed by atoms with van der Waals surface area (Å²) in [5.41, 5.74) is 2.50. The highest BCUT2D eigenvalue weighted by Crippen LogP contribution is 2.25. The van der Waals surface area contributed by atoms with Gasteiger partial charge in [-0.3, -0.25) is 9.69 Å². The van der Waals surface area contributed by atoms with Gasteiger partial charge in [-0.1, -0.05) is 29.8 Å². The number of rotatable bonds is 8. The van der Waals surface area contributed by atoms with Crippen LogP contribution in [0.15, 0.2) is 48.5 Å². The third-order valence-electron chi connectivity index (χ3n) is 4.97. The molecule has 1 saturated heterocycles. The third kappa shape index (κ3) is 5.47. The Morgan fingerprint density at radius 2 is 1.67 bits per heavy atom. The summed E-state index contributed by atoms with van der Waals surface area (Å²) < 4.78 is 10.7. The van der Waals surface area contributed by atoms with Crippen molar-refractivity contribution in [2.45, 2.75) is 25.8 Å². The quantitative estimate of drug-likeness (QED) is 0.776. The summed E-state index contributed by atoms with van der Waals surface area (Å²) in [6, 6.07) is 16.0. The molecule has 3 rings (SSSR count). The Labute approximate surface area is 161 Å². The number of carbonyl (C=O) groups excluding carboxylic acids is 1. The summed E-state index contributed by atoms with van der Waals surface area (Å²) >= 11 is 0. The molecule has 1 atom stereocenters. The second-order valence-electron chi connectivity index (χ2n) is 6.94. The Kier molecular flexibility index (Phi) is 6.71. The van der Waals surface area contributed by atoms with Gasteiger partial charge in [-0.2, -0.15) is 0 Å². The van der Waals surface area contributed by atoms with Gasteiger partial charge in [0, 0.05) is 6.54 Å². The number of ether oxygens (including phenoxy) is 2. The molecule has 1 fully saturated rings. The molecule has 5 nitrogen and oxygen atoms in total. The van der Waals surface area contributed by atoms with Crippen molar-refractivity contribution in [1.82, 2.24) is 10.2 Å². The van der Waals surface area contributed by atoms with Crippen molar-refractivity contribution in [3.05, 3.63) is 59.7 Å². The first-order chi connectivity index (χ1) is 13.2. The molecule has 27 heavy (non-hydrogen) atoms. The average Bonchev–Trinajstić information content (AvgIpc) is 3.23. The van der Waals surface area contributed by atoms with Crippen molar-refractivity contribution in [2.75, 3.05) is 33.4 Å². The number of hydrogen-bond acceptors (Lipinski definition) is 4. The Balaban J connectivity index is 1.54. The second-order valence-corrected chi connectivity index (χ2v) is 6.94. The maximum absolute atomic E-state index is 12.3. The number of nitrogens with one attached hydrogen (secondary N) is 1. The first-order valence-corrected chi connectivity index (χ1v) is 9.50. The minimum absolute atomic E-state index is 0.00689. The van der Waals surface area contributed by atoms with Crippen molar-refractivity contribution in [2.24, 2.45) is 0 Å². The zero-order valence-corrected chi connectivity index (χ0v) is 16.1. The van der Waals surface area contributed by atoms with Crippen LogP contribution in [0.2, 0.25) is 0 Å². The van der Waals surface area contributed by atoms with E-state index in [4.69, 9.17) is 9.47 Å². The lowest BCUT2D eigenvalue weighted by Crippen LogP contribution is -2.38. The molecule has 0 bridgehead atoms. The fraction of sp³-hybridized carbons (Fsp3) is 0.409. The van der Waals surface area contributed by atoms with Gasteiger partial charge < -0.3 is 14.8 Å². The van der Waals surface area contributed by atoms with E-state index in [1.54, 1.807) is 19.2 Å². The molecule has 1 aliphatic heterocycles. The Hall–Kier alpha value is -2.53. The molecule has 1 amide bonds. The summed E-state index contributed by atoms with van der Waals surface area (Å²) in [6.45, 7) is 4.85. The number of carbonyl (C=O) groups is 1. The van der Waals surface area contributed by atoms with Gasteiger partial charge in [0.15, 0.2) is 6.61 Å². The summed E-state index contributed by atoms with van der Waals surface area (Å²) in [7, 11) is 1.62. The van der Waals surface area contributed by atoms with Gasteiger partial charge in [0.2, 0.25) is 0 Å². The van der Waals surface area contributed by atoms with Gasteiger partial charge in [-0.15, -0.1) is 0 Å². The van der Waals surface area contributed by atoms with E-state index in [1.807, 2.05) is 12.1 Å². The van der Waals surface area contributed by atoms with Crippen LogP contribution < -0.4 is 14.8 Å². The van der Waals surface area contributed by atoms with E-state index < -0.39 is 0 Å². The topological polar surface area (TPSA) is 50.8 Å². The smallest absolute Gasteiger partial charge is 0.258 e. The summed E-state index contributed by atoms with van der Waals surface area (Å²) in [5, 5.41) is 3.04. The van der Waals surface area contributed by atoms with Crippen LogP contribution >= 0.6 is 0 Å². The normalized spacial score (nSPS) is 15.3. The molecule has 0 unspecified atom stereocenters. The number of methoxy groups -OCH3 is 1. The molecule has 0 radical (unpaired) electrons. The Morgan fingerprint density at radius 3 is 2.30 bits per heavy atom. The van der Waals surface area contributed by atoms with E-state index in [-0.39, 0.29) is 18.6 Å². The van der Waals surface area contributed by atoms with Gasteiger partial charge in [0.05, 0.1) is 13.2 Å². The molecule has 5 heteroatoms. The molecule has 1 N–H and O–H groups in total. The number of nitrogens with zero attached hydrogens (tertiary/aromatic N) is 1. The molecular formula is C22H28N2O3. The lowest BCUT2D eigenvalue weighted by atomic mass is 10.0. The van der Waals surface area contributed by atoms with Crippen molar-refractivity contribution >= 4 is 5.91 Å². The van der Waals surface area contributed by atoms with Gasteiger partial charge in [-0.05, 0) is 62.7 Å². The zero-order valence-electron chi connectivity index (χ0n) is 16.1. The number of benzene rings is 2. The van der Waals surface area contributed by atoms with Crippen LogP contribution in [-0.2, 0) is 4.79 Å². The SMILES string of the molecule is COc1ccc(OCC(=O)NC[C@@H](c2ccc(C)cc2)N2CCCC2)cc1. The number of likely N-dealkylation sites (tertiary alicyclic amines) is 1. The minimum Gasteiger partial charge on any atom is -0.497 e. The van der Waals surface area contributed by atoms with Gasteiger partial charge in [-0.25, -0.2) is 0 Å². The molecule has 0 aliphatic carbocycles. The van der Waals surface area contributed by atoms with Crippen molar-refractivity contribution < 1.29 is 14.3 Å². The highest BCUT2D eigenvalue weighted by molar-refractivity contribution is 5.77. The van der Waals surface area contributed by atoms with E-state index in [2.05, 4.69) is 41.4 Å². The summed E-state index contributed by atoms with van der Waals surface area (Å²) in [5.74, 6) is 1.31. The van der Waals surface area contributed by atoms with E-state index in [0.29, 0.717) is 12.3 Å². The average molecular weight is 368 g/mol. The number of aryl methyl sites for hydroxylation is 1. The molecule has 0 aromatic heterocycles. The van der Waals surface area contributed by atoms with Gasteiger partial charge >= 0.3 is 0 Å². The first-order valence-electron chi connectivity index (χ1n) is 9.50. The fourth-order valence-electron chi connectivity index (χ4n) is 3.38. The lowest BCUT2D eigenvalue weighted by molar-refractivity contribution is -0.123. The van der Waals surface area contributed by atoms with Crippen LogP contribution in [0.1, 0.15) is 30.0 Å². The predicted octanol–water partition coefficient (Wildman–Crippen LogP) is 3.34. The van der Waals surface area contributed by atoms with Crippen molar-refractivity contribution in [3.8, 4) is 11.5 Å². The second kappa shape index (κ2) is 9.42. The van der Waals surface area contributed by atoms with Crippen LogP contribution in [0, 0.1) is 6.92 Å². The standard InChI is InChI=1S/C22H28N2O3/c1-17-5-7-18(8-6-17)21(24-13-3-4-14-24)15-23-22(25)16-27-20-11-9-19(26-2)10-12-20/h5-12,21H,3-4,13-16H2,1-2H3,(H,23,25)/t21-/m0/s1. The maximum atomic E-state index is 12.3. The number of amides is 1. The molecule has 0 spiro atoms. The van der Waals surface area contributed by atoms with Crippen LogP contribution in [0.25, 0.3) is 0 Å². The number of hydrogen-bond donors (Lipinski definition) is 1. The van der Waals surface area contributed by atoms with Crippen LogP contribution in [0.3, 0.4) is 0 Å². The fourth-order valence-corrected chi connectivity index (χ4v) is 3.38. The lowest BCUT2D eigenvalue weighted by Gasteiger charge is -2.28.